The van der Waals surface area contributed by atoms with Crippen LogP contribution in [-0.2, 0) is 14.0 Å². The third-order valence-electron chi connectivity index (χ3n) is 6.97. The third kappa shape index (κ3) is 2.97. The van der Waals surface area contributed by atoms with E-state index in [9.17, 15) is 4.79 Å². The largest absolute Gasteiger partial charge is 0.465 e. The van der Waals surface area contributed by atoms with Gasteiger partial charge in [0.25, 0.3) is 0 Å². The second kappa shape index (κ2) is 5.87. The smallest absolute Gasteiger partial charge is 0.444 e. The van der Waals surface area contributed by atoms with E-state index in [2.05, 4.69) is 39.9 Å². The van der Waals surface area contributed by atoms with Crippen molar-refractivity contribution in [2.45, 2.75) is 115 Å². The Morgan fingerprint density at radius 2 is 1.69 bits per heavy atom. The number of rotatable bonds is 5. The van der Waals surface area contributed by atoms with Gasteiger partial charge >= 0.3 is 13.2 Å². The second-order valence-corrected chi connectivity index (χ2v) is 10.7. The van der Waals surface area contributed by atoms with Crippen molar-refractivity contribution in [1.82, 2.24) is 5.32 Å². The third-order valence-corrected chi connectivity index (χ3v) is 6.97. The summed E-state index contributed by atoms with van der Waals surface area (Å²) < 4.78 is 18.3. The molecular weight excluding hydrogens is 329 g/mol. The van der Waals surface area contributed by atoms with E-state index in [1.54, 1.807) is 0 Å². The highest BCUT2D eigenvalue weighted by atomic mass is 16.7. The summed E-state index contributed by atoms with van der Waals surface area (Å²) in [5.41, 5.74) is -1.24. The SMILES string of the molecule is CCCCC1C2(NC(=O)OC(C)(C)C)CC1(B1OC(C)(C)C(C)(C)O1)C2. The zero-order valence-corrected chi connectivity index (χ0v) is 17.8. The number of carbonyl (C=O) groups excluding carboxylic acids is 1. The number of amides is 1. The van der Waals surface area contributed by atoms with E-state index < -0.39 is 5.60 Å². The van der Waals surface area contributed by atoms with E-state index in [1.807, 2.05) is 20.8 Å². The molecule has 26 heavy (non-hydrogen) atoms. The van der Waals surface area contributed by atoms with Crippen LogP contribution >= 0.6 is 0 Å². The Morgan fingerprint density at radius 3 is 2.15 bits per heavy atom. The van der Waals surface area contributed by atoms with Crippen molar-refractivity contribution < 1.29 is 18.8 Å². The molecule has 1 aliphatic heterocycles. The molecule has 0 radical (unpaired) electrons. The van der Waals surface area contributed by atoms with Gasteiger partial charge in [0.1, 0.15) is 5.60 Å². The minimum Gasteiger partial charge on any atom is -0.444 e. The molecule has 3 aliphatic carbocycles. The van der Waals surface area contributed by atoms with E-state index in [-0.39, 0.29) is 35.3 Å². The summed E-state index contributed by atoms with van der Waals surface area (Å²) in [4.78, 5) is 12.3. The summed E-state index contributed by atoms with van der Waals surface area (Å²) in [6.07, 6.45) is 4.94. The molecule has 5 nitrogen and oxygen atoms in total. The molecule has 1 saturated heterocycles. The van der Waals surface area contributed by atoms with Crippen LogP contribution in [0.3, 0.4) is 0 Å². The Hall–Kier alpha value is -0.745. The van der Waals surface area contributed by atoms with Crippen molar-refractivity contribution >= 4 is 13.2 Å². The minimum atomic E-state index is -0.476. The molecule has 1 N–H and O–H groups in total. The maximum absolute atomic E-state index is 12.3. The van der Waals surface area contributed by atoms with Crippen LogP contribution in [0.4, 0.5) is 4.79 Å². The summed E-state index contributed by atoms with van der Waals surface area (Å²) in [6.45, 7) is 16.3. The van der Waals surface area contributed by atoms with Crippen LogP contribution in [0.15, 0.2) is 0 Å². The van der Waals surface area contributed by atoms with Gasteiger partial charge in [-0.15, -0.1) is 0 Å². The molecule has 148 valence electrons. The second-order valence-electron chi connectivity index (χ2n) is 10.7. The van der Waals surface area contributed by atoms with Crippen molar-refractivity contribution in [1.29, 1.82) is 0 Å². The van der Waals surface area contributed by atoms with Crippen LogP contribution in [0, 0.1) is 5.92 Å². The lowest BCUT2D eigenvalue weighted by atomic mass is 9.21. The van der Waals surface area contributed by atoms with Gasteiger partial charge in [-0.2, -0.15) is 0 Å². The zero-order chi connectivity index (χ0) is 19.6. The Labute approximate surface area is 159 Å². The average molecular weight is 365 g/mol. The number of carbonyl (C=O) groups is 1. The van der Waals surface area contributed by atoms with Crippen molar-refractivity contribution in [2.75, 3.05) is 0 Å². The predicted octanol–water partition coefficient (Wildman–Crippen LogP) is 4.70. The van der Waals surface area contributed by atoms with E-state index in [1.165, 1.54) is 0 Å². The van der Waals surface area contributed by atoms with Gasteiger partial charge in [0.05, 0.1) is 11.2 Å². The normalized spacial score (nSPS) is 36.9. The van der Waals surface area contributed by atoms with Crippen LogP contribution in [-0.4, -0.2) is 35.6 Å². The van der Waals surface area contributed by atoms with Crippen LogP contribution < -0.4 is 5.32 Å². The fourth-order valence-corrected chi connectivity index (χ4v) is 4.97. The molecule has 2 bridgehead atoms. The topological polar surface area (TPSA) is 56.8 Å². The van der Waals surface area contributed by atoms with E-state index >= 15 is 0 Å². The molecule has 0 aromatic rings. The summed E-state index contributed by atoms with van der Waals surface area (Å²) >= 11 is 0. The highest BCUT2D eigenvalue weighted by molar-refractivity contribution is 6.51. The van der Waals surface area contributed by atoms with Crippen molar-refractivity contribution in [3.63, 3.8) is 0 Å². The molecule has 4 rings (SSSR count). The van der Waals surface area contributed by atoms with Crippen LogP contribution in [0.2, 0.25) is 5.31 Å². The molecule has 0 spiro atoms. The zero-order valence-electron chi connectivity index (χ0n) is 17.8. The lowest BCUT2D eigenvalue weighted by Gasteiger charge is -2.76. The number of unbranched alkanes of at least 4 members (excludes halogenated alkanes) is 1. The van der Waals surface area contributed by atoms with Crippen molar-refractivity contribution in [3.8, 4) is 0 Å². The quantitative estimate of drug-likeness (QED) is 0.718. The molecule has 3 saturated carbocycles. The van der Waals surface area contributed by atoms with E-state index in [0.29, 0.717) is 5.92 Å². The molecule has 1 unspecified atom stereocenters. The van der Waals surface area contributed by atoms with Gasteiger partial charge in [-0.3, -0.25) is 0 Å². The molecule has 6 heteroatoms. The molecule has 1 amide bonds. The first-order valence-corrected chi connectivity index (χ1v) is 10.1. The molecule has 1 heterocycles. The lowest BCUT2D eigenvalue weighted by molar-refractivity contribution is -0.140. The number of nitrogens with one attached hydrogen (secondary N) is 1. The molecular formula is C20H36BNO4. The predicted molar refractivity (Wildman–Crippen MR) is 103 cm³/mol. The number of hydrogen-bond donors (Lipinski definition) is 1. The van der Waals surface area contributed by atoms with Crippen LogP contribution in [0.25, 0.3) is 0 Å². The molecule has 1 atom stereocenters. The first-order chi connectivity index (χ1) is 11.8. The lowest BCUT2D eigenvalue weighted by Crippen LogP contribution is -2.82. The van der Waals surface area contributed by atoms with Gasteiger partial charge in [-0.25, -0.2) is 4.79 Å². The van der Waals surface area contributed by atoms with Gasteiger partial charge < -0.3 is 19.4 Å². The number of hydrogen-bond acceptors (Lipinski definition) is 4. The Kier molecular flexibility index (Phi) is 4.52. The van der Waals surface area contributed by atoms with Gasteiger partial charge in [-0.1, -0.05) is 19.8 Å². The Bertz CT molecular complexity index is 559. The highest BCUT2D eigenvalue weighted by Gasteiger charge is 2.82. The first kappa shape index (κ1) is 20.0. The summed E-state index contributed by atoms with van der Waals surface area (Å²) in [5.74, 6) is 0.400. The van der Waals surface area contributed by atoms with Gasteiger partial charge in [0.2, 0.25) is 0 Å². The summed E-state index contributed by atoms with van der Waals surface area (Å²) in [6, 6.07) is 0. The molecule has 4 fully saturated rings. The van der Waals surface area contributed by atoms with E-state index in [0.717, 1.165) is 32.1 Å². The molecule has 4 aliphatic rings. The fourth-order valence-electron chi connectivity index (χ4n) is 4.97. The maximum atomic E-state index is 12.3. The number of alkyl carbamates (subject to hydrolysis) is 1. The highest BCUT2D eigenvalue weighted by Crippen LogP contribution is 2.80. The van der Waals surface area contributed by atoms with E-state index in [4.69, 9.17) is 14.0 Å². The molecule has 0 aromatic carbocycles. The average Bonchev–Trinajstić information content (AvgIpc) is 2.60. The van der Waals surface area contributed by atoms with Gasteiger partial charge in [0, 0.05) is 10.9 Å². The first-order valence-electron chi connectivity index (χ1n) is 10.1. The summed E-state index contributed by atoms with van der Waals surface area (Å²) in [5, 5.41) is 3.23. The van der Waals surface area contributed by atoms with Crippen molar-refractivity contribution in [3.05, 3.63) is 0 Å². The standard InChI is InChI=1S/C20H36BNO4/c1-9-10-11-14-19(21-25-17(5,6)18(7,8)26-21)12-20(14,13-19)22-15(23)24-16(2,3)4/h14H,9-13H2,1-8H3,(H,22,23). The number of ether oxygens (including phenoxy) is 1. The maximum Gasteiger partial charge on any atom is 0.465 e. The monoisotopic (exact) mass is 365 g/mol. The van der Waals surface area contributed by atoms with Crippen molar-refractivity contribution in [2.24, 2.45) is 5.92 Å². The minimum absolute atomic E-state index is 0.0369. The Balaban J connectivity index is 1.71. The van der Waals surface area contributed by atoms with Gasteiger partial charge in [0.15, 0.2) is 0 Å². The fraction of sp³-hybridized carbons (Fsp3) is 0.950. The van der Waals surface area contributed by atoms with Crippen LogP contribution in [0.1, 0.15) is 87.5 Å². The summed E-state index contributed by atoms with van der Waals surface area (Å²) in [7, 11) is -0.184. The van der Waals surface area contributed by atoms with Gasteiger partial charge in [-0.05, 0) is 73.6 Å². The Morgan fingerprint density at radius 1 is 1.15 bits per heavy atom. The molecule has 0 aromatic heterocycles. The van der Waals surface area contributed by atoms with Crippen LogP contribution in [0.5, 0.6) is 0 Å².